The monoisotopic (exact) mass is 276 g/mol. The van der Waals surface area contributed by atoms with Crippen LogP contribution in [0.3, 0.4) is 0 Å². The summed E-state index contributed by atoms with van der Waals surface area (Å²) in [5.41, 5.74) is 0.932. The first-order chi connectivity index (χ1) is 9.74. The van der Waals surface area contributed by atoms with Gasteiger partial charge in [0.2, 0.25) is 0 Å². The summed E-state index contributed by atoms with van der Waals surface area (Å²) in [5.74, 6) is -0.341. The Labute approximate surface area is 117 Å². The number of carbonyl (C=O) groups excluding carboxylic acids is 1. The van der Waals surface area contributed by atoms with Gasteiger partial charge in [-0.25, -0.2) is 0 Å². The molecule has 0 amide bonds. The fraction of sp³-hybridized carbons (Fsp3) is 0.400. The summed E-state index contributed by atoms with van der Waals surface area (Å²) in [5, 5.41) is 0. The molecule has 0 radical (unpaired) electrons. The maximum Gasteiger partial charge on any atom is 0.303 e. The maximum absolute atomic E-state index is 11.2. The van der Waals surface area contributed by atoms with Gasteiger partial charge in [-0.05, 0) is 6.08 Å². The standard InChI is InChI=1S/C15H16O5/c1-10(16)19-12-7-8-17-13-9-18-15(20-14(12)13)11-5-3-2-4-6-11/h2-8,12-15H,9H2,1H3/t12-,13-,14-,15+/m1/s1. The van der Waals surface area contributed by atoms with Crippen LogP contribution in [-0.2, 0) is 23.7 Å². The predicted molar refractivity (Wildman–Crippen MR) is 69.6 cm³/mol. The second-order valence-corrected chi connectivity index (χ2v) is 4.75. The zero-order valence-corrected chi connectivity index (χ0v) is 11.1. The minimum Gasteiger partial charge on any atom is -0.493 e. The van der Waals surface area contributed by atoms with Gasteiger partial charge in [-0.2, -0.15) is 0 Å². The summed E-state index contributed by atoms with van der Waals surface area (Å²) in [6, 6.07) is 9.66. The van der Waals surface area contributed by atoms with Gasteiger partial charge in [0.1, 0.15) is 6.10 Å². The van der Waals surface area contributed by atoms with Crippen LogP contribution < -0.4 is 0 Å². The molecule has 4 atom stereocenters. The van der Waals surface area contributed by atoms with E-state index >= 15 is 0 Å². The van der Waals surface area contributed by atoms with Gasteiger partial charge < -0.3 is 18.9 Å². The zero-order valence-electron chi connectivity index (χ0n) is 11.1. The molecule has 0 unspecified atom stereocenters. The average molecular weight is 276 g/mol. The molecular formula is C15H16O5. The lowest BCUT2D eigenvalue weighted by Gasteiger charge is -2.40. The third-order valence-electron chi connectivity index (χ3n) is 3.28. The third-order valence-corrected chi connectivity index (χ3v) is 3.28. The first-order valence-electron chi connectivity index (χ1n) is 6.55. The second kappa shape index (κ2) is 5.64. The number of fused-ring (bicyclic) bond motifs is 1. The molecule has 3 rings (SSSR count). The van der Waals surface area contributed by atoms with Crippen molar-refractivity contribution in [3.8, 4) is 0 Å². The Kier molecular flexibility index (Phi) is 3.71. The number of hydrogen-bond donors (Lipinski definition) is 0. The molecular weight excluding hydrogens is 260 g/mol. The molecule has 0 N–H and O–H groups in total. The number of rotatable bonds is 2. The lowest BCUT2D eigenvalue weighted by Crippen LogP contribution is -2.50. The average Bonchev–Trinajstić information content (AvgIpc) is 2.47. The molecule has 1 aromatic rings. The molecule has 2 aliphatic heterocycles. The van der Waals surface area contributed by atoms with Crippen LogP contribution in [0, 0.1) is 0 Å². The summed E-state index contributed by atoms with van der Waals surface area (Å²) in [4.78, 5) is 11.2. The number of ether oxygens (including phenoxy) is 4. The van der Waals surface area contributed by atoms with Crippen molar-refractivity contribution in [2.75, 3.05) is 6.61 Å². The topological polar surface area (TPSA) is 54.0 Å². The normalized spacial score (nSPS) is 32.0. The van der Waals surface area contributed by atoms with Crippen molar-refractivity contribution in [2.24, 2.45) is 0 Å². The molecule has 5 heteroatoms. The van der Waals surface area contributed by atoms with Crippen LogP contribution in [0.2, 0.25) is 0 Å². The molecule has 106 valence electrons. The van der Waals surface area contributed by atoms with Crippen LogP contribution in [0.4, 0.5) is 0 Å². The van der Waals surface area contributed by atoms with E-state index in [2.05, 4.69) is 0 Å². The van der Waals surface area contributed by atoms with Crippen LogP contribution in [0.25, 0.3) is 0 Å². The van der Waals surface area contributed by atoms with Gasteiger partial charge in [-0.1, -0.05) is 30.3 Å². The van der Waals surface area contributed by atoms with E-state index in [-0.39, 0.29) is 18.2 Å². The van der Waals surface area contributed by atoms with E-state index in [0.717, 1.165) is 5.56 Å². The summed E-state index contributed by atoms with van der Waals surface area (Å²) >= 11 is 0. The Bertz CT molecular complexity index is 498. The number of esters is 1. The molecule has 1 aromatic carbocycles. The summed E-state index contributed by atoms with van der Waals surface area (Å²) in [6.45, 7) is 1.78. The smallest absolute Gasteiger partial charge is 0.303 e. The summed E-state index contributed by atoms with van der Waals surface area (Å²) in [6.07, 6.45) is 1.69. The molecule has 2 aliphatic rings. The minimum atomic E-state index is -0.467. The van der Waals surface area contributed by atoms with E-state index in [1.54, 1.807) is 6.08 Å². The van der Waals surface area contributed by atoms with Gasteiger partial charge in [0.25, 0.3) is 0 Å². The Hall–Kier alpha value is -1.85. The van der Waals surface area contributed by atoms with E-state index in [9.17, 15) is 4.79 Å². The third kappa shape index (κ3) is 2.69. The number of benzene rings is 1. The van der Waals surface area contributed by atoms with Gasteiger partial charge in [-0.15, -0.1) is 0 Å². The molecule has 0 aromatic heterocycles. The molecule has 0 saturated carbocycles. The Morgan fingerprint density at radius 3 is 2.85 bits per heavy atom. The highest BCUT2D eigenvalue weighted by molar-refractivity contribution is 5.66. The Morgan fingerprint density at radius 2 is 2.10 bits per heavy atom. The van der Waals surface area contributed by atoms with E-state index in [4.69, 9.17) is 18.9 Å². The van der Waals surface area contributed by atoms with Crippen molar-refractivity contribution in [2.45, 2.75) is 31.5 Å². The largest absolute Gasteiger partial charge is 0.493 e. The van der Waals surface area contributed by atoms with Crippen molar-refractivity contribution in [1.29, 1.82) is 0 Å². The Morgan fingerprint density at radius 1 is 1.30 bits per heavy atom. The SMILES string of the molecule is CC(=O)O[C@@H]1C=CO[C@@H]2CO[C@H](c3ccccc3)O[C@H]12. The van der Waals surface area contributed by atoms with Crippen molar-refractivity contribution in [1.82, 2.24) is 0 Å². The first kappa shape index (κ1) is 13.1. The van der Waals surface area contributed by atoms with E-state index in [1.807, 2.05) is 30.3 Å². The summed E-state index contributed by atoms with van der Waals surface area (Å²) < 4.78 is 22.3. The highest BCUT2D eigenvalue weighted by Gasteiger charge is 2.41. The maximum atomic E-state index is 11.2. The molecule has 0 spiro atoms. The molecule has 20 heavy (non-hydrogen) atoms. The highest BCUT2D eigenvalue weighted by Crippen LogP contribution is 2.32. The zero-order chi connectivity index (χ0) is 13.9. The molecule has 1 saturated heterocycles. The van der Waals surface area contributed by atoms with Gasteiger partial charge in [0.05, 0.1) is 12.9 Å². The van der Waals surface area contributed by atoms with Gasteiger partial charge in [0.15, 0.2) is 18.5 Å². The molecule has 5 nitrogen and oxygen atoms in total. The van der Waals surface area contributed by atoms with E-state index in [1.165, 1.54) is 13.2 Å². The highest BCUT2D eigenvalue weighted by atomic mass is 16.7. The molecule has 0 bridgehead atoms. The van der Waals surface area contributed by atoms with E-state index in [0.29, 0.717) is 6.61 Å². The number of carbonyl (C=O) groups is 1. The van der Waals surface area contributed by atoms with Crippen LogP contribution in [-0.4, -0.2) is 30.9 Å². The van der Waals surface area contributed by atoms with Gasteiger partial charge in [0, 0.05) is 12.5 Å². The van der Waals surface area contributed by atoms with Crippen LogP contribution in [0.1, 0.15) is 18.8 Å². The van der Waals surface area contributed by atoms with Crippen LogP contribution in [0.15, 0.2) is 42.7 Å². The van der Waals surface area contributed by atoms with Crippen LogP contribution >= 0.6 is 0 Å². The van der Waals surface area contributed by atoms with Gasteiger partial charge in [-0.3, -0.25) is 4.79 Å². The van der Waals surface area contributed by atoms with Gasteiger partial charge >= 0.3 is 5.97 Å². The number of hydrogen-bond acceptors (Lipinski definition) is 5. The van der Waals surface area contributed by atoms with Crippen molar-refractivity contribution in [3.63, 3.8) is 0 Å². The minimum absolute atomic E-state index is 0.260. The molecule has 1 fully saturated rings. The predicted octanol–water partition coefficient (Wildman–Crippen LogP) is 1.94. The van der Waals surface area contributed by atoms with Crippen molar-refractivity contribution >= 4 is 5.97 Å². The van der Waals surface area contributed by atoms with Crippen molar-refractivity contribution in [3.05, 3.63) is 48.2 Å². The molecule has 0 aliphatic carbocycles. The van der Waals surface area contributed by atoms with Crippen molar-refractivity contribution < 1.29 is 23.7 Å². The summed E-state index contributed by atoms with van der Waals surface area (Å²) in [7, 11) is 0. The van der Waals surface area contributed by atoms with E-state index < -0.39 is 12.4 Å². The lowest BCUT2D eigenvalue weighted by molar-refractivity contribution is -0.278. The van der Waals surface area contributed by atoms with Crippen LogP contribution in [0.5, 0.6) is 0 Å². The second-order valence-electron chi connectivity index (χ2n) is 4.75. The fourth-order valence-electron chi connectivity index (χ4n) is 2.37. The Balaban J connectivity index is 1.76. The lowest BCUT2D eigenvalue weighted by atomic mass is 10.0. The quantitative estimate of drug-likeness (QED) is 0.773. The first-order valence-corrected chi connectivity index (χ1v) is 6.55. The fourth-order valence-corrected chi connectivity index (χ4v) is 2.37. The molecule has 2 heterocycles.